The SMILES string of the molecule is Clc1ccc(C2=NOB(c3ccccc3)N2c2ccccc2)cc1. The number of rotatable bonds is 3. The summed E-state index contributed by atoms with van der Waals surface area (Å²) in [5, 5.41) is 5.05. The van der Waals surface area contributed by atoms with E-state index in [0.717, 1.165) is 22.5 Å². The van der Waals surface area contributed by atoms with Crippen molar-refractivity contribution in [2.24, 2.45) is 5.16 Å². The van der Waals surface area contributed by atoms with Crippen molar-refractivity contribution >= 4 is 35.6 Å². The van der Waals surface area contributed by atoms with Crippen molar-refractivity contribution < 1.29 is 4.76 Å². The number of halogens is 1. The maximum atomic E-state index is 6.01. The van der Waals surface area contributed by atoms with Crippen LogP contribution < -0.4 is 10.3 Å². The largest absolute Gasteiger partial charge is 0.550 e. The fourth-order valence-corrected chi connectivity index (χ4v) is 2.89. The summed E-state index contributed by atoms with van der Waals surface area (Å²) in [6.45, 7) is 0. The van der Waals surface area contributed by atoms with E-state index in [2.05, 4.69) is 22.1 Å². The second-order valence-corrected chi connectivity index (χ2v) is 5.93. The number of oxime groups is 1. The molecular formula is C19H14BClN2O. The maximum absolute atomic E-state index is 6.01. The van der Waals surface area contributed by atoms with Gasteiger partial charge < -0.3 is 9.57 Å². The average Bonchev–Trinajstić information content (AvgIpc) is 3.09. The highest BCUT2D eigenvalue weighted by atomic mass is 35.5. The quantitative estimate of drug-likeness (QED) is 0.679. The standard InChI is InChI=1S/C19H14BClN2O/c21-17-13-11-15(12-14-17)19-22-24-20(16-7-3-1-4-8-16)23(19)18-9-5-2-6-10-18/h1-14H. The first-order valence-electron chi connectivity index (χ1n) is 7.72. The fraction of sp³-hybridized carbons (Fsp3) is 0. The van der Waals surface area contributed by atoms with Crippen molar-refractivity contribution in [3.8, 4) is 0 Å². The highest BCUT2D eigenvalue weighted by Gasteiger charge is 2.39. The summed E-state index contributed by atoms with van der Waals surface area (Å²) in [6, 6.07) is 27.8. The molecule has 3 nitrogen and oxygen atoms in total. The van der Waals surface area contributed by atoms with E-state index in [1.165, 1.54) is 0 Å². The summed E-state index contributed by atoms with van der Waals surface area (Å²) < 4.78 is 5.78. The van der Waals surface area contributed by atoms with Crippen LogP contribution >= 0.6 is 11.6 Å². The predicted molar refractivity (Wildman–Crippen MR) is 99.8 cm³/mol. The van der Waals surface area contributed by atoms with Gasteiger partial charge in [0.2, 0.25) is 0 Å². The first kappa shape index (κ1) is 14.9. The lowest BCUT2D eigenvalue weighted by Gasteiger charge is -2.23. The monoisotopic (exact) mass is 332 g/mol. The van der Waals surface area contributed by atoms with Crippen LogP contribution in [0.2, 0.25) is 5.02 Å². The van der Waals surface area contributed by atoms with Crippen LogP contribution in [-0.4, -0.2) is 12.9 Å². The molecule has 0 fully saturated rings. The molecule has 3 aromatic rings. The fourth-order valence-electron chi connectivity index (χ4n) is 2.77. The molecule has 1 heterocycles. The summed E-state index contributed by atoms with van der Waals surface area (Å²) in [6.07, 6.45) is 0. The first-order valence-corrected chi connectivity index (χ1v) is 8.10. The van der Waals surface area contributed by atoms with Gasteiger partial charge in [-0.1, -0.05) is 65.3 Å². The second-order valence-electron chi connectivity index (χ2n) is 5.50. The minimum atomic E-state index is -0.292. The lowest BCUT2D eigenvalue weighted by atomic mass is 9.71. The summed E-state index contributed by atoms with van der Waals surface area (Å²) in [5.74, 6) is 0.770. The average molecular weight is 333 g/mol. The molecule has 0 bridgehead atoms. The zero-order chi connectivity index (χ0) is 16.4. The molecule has 0 aromatic heterocycles. The molecule has 0 amide bonds. The van der Waals surface area contributed by atoms with E-state index < -0.39 is 0 Å². The summed E-state index contributed by atoms with van der Waals surface area (Å²) in [4.78, 5) is 2.10. The summed E-state index contributed by atoms with van der Waals surface area (Å²) in [7, 11) is -0.292. The Balaban J connectivity index is 1.78. The van der Waals surface area contributed by atoms with Gasteiger partial charge in [0.1, 0.15) is 0 Å². The van der Waals surface area contributed by atoms with Gasteiger partial charge in [0.05, 0.1) is 0 Å². The van der Waals surface area contributed by atoms with Crippen LogP contribution in [0.4, 0.5) is 5.69 Å². The van der Waals surface area contributed by atoms with E-state index in [1.807, 2.05) is 72.8 Å². The van der Waals surface area contributed by atoms with Crippen molar-refractivity contribution in [1.82, 2.24) is 0 Å². The third-order valence-corrected chi connectivity index (χ3v) is 4.18. The predicted octanol–water partition coefficient (Wildman–Crippen LogP) is 3.93. The molecule has 0 atom stereocenters. The van der Waals surface area contributed by atoms with Crippen molar-refractivity contribution in [3.63, 3.8) is 0 Å². The second kappa shape index (κ2) is 6.42. The highest BCUT2D eigenvalue weighted by molar-refractivity contribution is 6.76. The third-order valence-electron chi connectivity index (χ3n) is 3.92. The van der Waals surface area contributed by atoms with Crippen LogP contribution in [0.1, 0.15) is 5.56 Å². The molecular weight excluding hydrogens is 318 g/mol. The minimum Gasteiger partial charge on any atom is -0.432 e. The van der Waals surface area contributed by atoms with E-state index in [0.29, 0.717) is 5.02 Å². The molecule has 1 aliphatic heterocycles. The summed E-state index contributed by atoms with van der Waals surface area (Å²) >= 11 is 6.01. The Morgan fingerprint density at radius 3 is 2.08 bits per heavy atom. The molecule has 0 saturated heterocycles. The van der Waals surface area contributed by atoms with Gasteiger partial charge in [-0.3, -0.25) is 0 Å². The Labute approximate surface area is 146 Å². The Kier molecular flexibility index (Phi) is 3.97. The van der Waals surface area contributed by atoms with Gasteiger partial charge in [0.25, 0.3) is 0 Å². The first-order chi connectivity index (χ1) is 11.8. The lowest BCUT2D eigenvalue weighted by Crippen LogP contribution is -2.49. The van der Waals surface area contributed by atoms with E-state index in [-0.39, 0.29) is 7.05 Å². The maximum Gasteiger partial charge on any atom is 0.550 e. The molecule has 1 aliphatic rings. The Bertz CT molecular complexity index is 854. The molecule has 0 spiro atoms. The molecule has 0 saturated carbocycles. The Hall–Kier alpha value is -2.72. The number of anilines is 1. The number of hydrogen-bond acceptors (Lipinski definition) is 3. The molecule has 0 unspecified atom stereocenters. The molecule has 4 rings (SSSR count). The van der Waals surface area contributed by atoms with Gasteiger partial charge in [-0.15, -0.1) is 0 Å². The molecule has 5 heteroatoms. The van der Waals surface area contributed by atoms with E-state index in [4.69, 9.17) is 16.4 Å². The zero-order valence-corrected chi connectivity index (χ0v) is 13.6. The van der Waals surface area contributed by atoms with Gasteiger partial charge in [0, 0.05) is 16.3 Å². The van der Waals surface area contributed by atoms with E-state index >= 15 is 0 Å². The van der Waals surface area contributed by atoms with E-state index in [1.54, 1.807) is 0 Å². The normalized spacial score (nSPS) is 13.6. The summed E-state index contributed by atoms with van der Waals surface area (Å²) in [5.41, 5.74) is 3.04. The molecule has 3 aromatic carbocycles. The molecule has 0 radical (unpaired) electrons. The lowest BCUT2D eigenvalue weighted by molar-refractivity contribution is 0.367. The third kappa shape index (κ3) is 2.77. The minimum absolute atomic E-state index is 0.292. The van der Waals surface area contributed by atoms with Crippen molar-refractivity contribution in [1.29, 1.82) is 0 Å². The van der Waals surface area contributed by atoms with Crippen LogP contribution in [0.15, 0.2) is 90.1 Å². The number of nitrogens with zero attached hydrogens (tertiary/aromatic N) is 2. The van der Waals surface area contributed by atoms with Crippen LogP contribution in [0, 0.1) is 0 Å². The van der Waals surface area contributed by atoms with Crippen LogP contribution in [0.25, 0.3) is 0 Å². The zero-order valence-electron chi connectivity index (χ0n) is 12.8. The van der Waals surface area contributed by atoms with Gasteiger partial charge in [-0.05, 0) is 41.9 Å². The molecule has 0 N–H and O–H groups in total. The number of amidine groups is 1. The Morgan fingerprint density at radius 2 is 1.42 bits per heavy atom. The van der Waals surface area contributed by atoms with Gasteiger partial charge >= 0.3 is 7.05 Å². The molecule has 116 valence electrons. The topological polar surface area (TPSA) is 24.8 Å². The molecule has 0 aliphatic carbocycles. The van der Waals surface area contributed by atoms with E-state index in [9.17, 15) is 0 Å². The van der Waals surface area contributed by atoms with Crippen molar-refractivity contribution in [2.45, 2.75) is 0 Å². The number of benzene rings is 3. The number of para-hydroxylation sites is 1. The highest BCUT2D eigenvalue weighted by Crippen LogP contribution is 2.24. The van der Waals surface area contributed by atoms with Crippen LogP contribution in [-0.2, 0) is 4.76 Å². The van der Waals surface area contributed by atoms with Gasteiger partial charge in [-0.2, -0.15) is 0 Å². The van der Waals surface area contributed by atoms with Crippen molar-refractivity contribution in [2.75, 3.05) is 4.81 Å². The Morgan fingerprint density at radius 1 is 0.792 bits per heavy atom. The van der Waals surface area contributed by atoms with Crippen molar-refractivity contribution in [3.05, 3.63) is 95.5 Å². The molecule has 24 heavy (non-hydrogen) atoms. The smallest absolute Gasteiger partial charge is 0.432 e. The van der Waals surface area contributed by atoms with Crippen LogP contribution in [0.3, 0.4) is 0 Å². The van der Waals surface area contributed by atoms with Gasteiger partial charge in [0.15, 0.2) is 5.84 Å². The number of hydrogen-bond donors (Lipinski definition) is 0. The van der Waals surface area contributed by atoms with Gasteiger partial charge in [-0.25, -0.2) is 0 Å². The van der Waals surface area contributed by atoms with Crippen LogP contribution in [0.5, 0.6) is 0 Å².